The summed E-state index contributed by atoms with van der Waals surface area (Å²) in [4.78, 5) is 17.5. The van der Waals surface area contributed by atoms with Gasteiger partial charge in [-0.15, -0.1) is 0 Å². The van der Waals surface area contributed by atoms with Crippen molar-refractivity contribution in [2.75, 3.05) is 5.32 Å². The number of hydrogen-bond donors (Lipinski definition) is 1. The van der Waals surface area contributed by atoms with Gasteiger partial charge in [0.15, 0.2) is 5.82 Å². The summed E-state index contributed by atoms with van der Waals surface area (Å²) in [6, 6.07) is 3.82. The summed E-state index contributed by atoms with van der Waals surface area (Å²) >= 11 is 0. The van der Waals surface area contributed by atoms with Gasteiger partial charge in [0, 0.05) is 36.3 Å². The maximum atomic E-state index is 4.61. The fourth-order valence-electron chi connectivity index (χ4n) is 2.07. The molecule has 7 heteroatoms. The Balaban J connectivity index is 1.90. The Morgan fingerprint density at radius 2 is 2.09 bits per heavy atom. The highest BCUT2D eigenvalue weighted by molar-refractivity contribution is 5.58. The highest BCUT2D eigenvalue weighted by Gasteiger charge is 2.10. The molecule has 1 N–H and O–H groups in total. The van der Waals surface area contributed by atoms with E-state index in [9.17, 15) is 0 Å². The molecule has 0 atom stereocenters. The van der Waals surface area contributed by atoms with Gasteiger partial charge in [0.2, 0.25) is 0 Å². The van der Waals surface area contributed by atoms with Crippen LogP contribution < -0.4 is 5.32 Å². The predicted molar refractivity (Wildman–Crippen MR) is 83.1 cm³/mol. The van der Waals surface area contributed by atoms with Gasteiger partial charge in [-0.3, -0.25) is 9.67 Å². The van der Waals surface area contributed by atoms with Crippen LogP contribution in [-0.2, 0) is 13.6 Å². The number of anilines is 1. The van der Waals surface area contributed by atoms with Crippen LogP contribution in [0.3, 0.4) is 0 Å². The van der Waals surface area contributed by atoms with Gasteiger partial charge in [0.05, 0.1) is 6.54 Å². The second-order valence-corrected chi connectivity index (χ2v) is 5.00. The molecule has 3 heterocycles. The largest absolute Gasteiger partial charge is 0.362 e. The van der Waals surface area contributed by atoms with Gasteiger partial charge in [0.1, 0.15) is 18.0 Å². The van der Waals surface area contributed by atoms with Crippen LogP contribution in [0.25, 0.3) is 11.4 Å². The maximum absolute atomic E-state index is 4.61. The average Bonchev–Trinajstić information content (AvgIpc) is 2.95. The Labute approximate surface area is 128 Å². The zero-order valence-corrected chi connectivity index (χ0v) is 12.8. The minimum absolute atomic E-state index is 0.556. The minimum atomic E-state index is 0.556. The van der Waals surface area contributed by atoms with Crippen LogP contribution in [0.5, 0.6) is 0 Å². The van der Waals surface area contributed by atoms with Crippen molar-refractivity contribution in [2.24, 2.45) is 7.05 Å². The normalized spacial score (nSPS) is 10.7. The minimum Gasteiger partial charge on any atom is -0.362 e. The number of aromatic nitrogens is 6. The van der Waals surface area contributed by atoms with Crippen molar-refractivity contribution in [3.8, 4) is 11.4 Å². The Morgan fingerprint density at radius 1 is 1.23 bits per heavy atom. The molecule has 0 aliphatic heterocycles. The lowest BCUT2D eigenvalue weighted by molar-refractivity contribution is 0.711. The highest BCUT2D eigenvalue weighted by Crippen LogP contribution is 2.21. The molecule has 0 bridgehead atoms. The zero-order valence-electron chi connectivity index (χ0n) is 12.8. The van der Waals surface area contributed by atoms with Crippen LogP contribution in [-0.4, -0.2) is 29.7 Å². The van der Waals surface area contributed by atoms with Crippen LogP contribution >= 0.6 is 0 Å². The Kier molecular flexibility index (Phi) is 3.78. The quantitative estimate of drug-likeness (QED) is 0.791. The first-order valence-corrected chi connectivity index (χ1v) is 6.97. The molecule has 3 rings (SSSR count). The number of pyridine rings is 1. The van der Waals surface area contributed by atoms with Crippen LogP contribution in [0.15, 0.2) is 30.9 Å². The predicted octanol–water partition coefficient (Wildman–Crippen LogP) is 1.90. The Bertz CT molecular complexity index is 780. The zero-order chi connectivity index (χ0) is 15.5. The second-order valence-electron chi connectivity index (χ2n) is 5.00. The van der Waals surface area contributed by atoms with E-state index in [2.05, 4.69) is 30.4 Å². The van der Waals surface area contributed by atoms with E-state index in [0.717, 1.165) is 28.5 Å². The molecule has 7 nitrogen and oxygen atoms in total. The van der Waals surface area contributed by atoms with Gasteiger partial charge in [0.25, 0.3) is 0 Å². The number of nitrogens with zero attached hydrogens (tertiary/aromatic N) is 6. The lowest BCUT2D eigenvalue weighted by Crippen LogP contribution is -2.10. The topological polar surface area (TPSA) is 81.4 Å². The standard InChI is InChI=1S/C15H17N7/c1-10-11(2)20-15(12-5-4-6-16-7-12)21-14(10)17-8-13-18-9-19-22(13)3/h4-7,9H,8H2,1-3H3,(H,17,20,21). The van der Waals surface area contributed by atoms with E-state index in [1.165, 1.54) is 6.33 Å². The summed E-state index contributed by atoms with van der Waals surface area (Å²) in [6.45, 7) is 4.53. The molecule has 0 aromatic carbocycles. The van der Waals surface area contributed by atoms with Crippen LogP contribution in [0, 0.1) is 13.8 Å². The van der Waals surface area contributed by atoms with Gasteiger partial charge in [-0.05, 0) is 26.0 Å². The molecule has 0 aliphatic carbocycles. The average molecular weight is 295 g/mol. The van der Waals surface area contributed by atoms with E-state index in [-0.39, 0.29) is 0 Å². The third-order valence-corrected chi connectivity index (χ3v) is 3.53. The van der Waals surface area contributed by atoms with Gasteiger partial charge < -0.3 is 5.32 Å². The SMILES string of the molecule is Cc1nc(-c2cccnc2)nc(NCc2ncnn2C)c1C. The molecule has 112 valence electrons. The van der Waals surface area contributed by atoms with E-state index in [1.807, 2.05) is 33.0 Å². The lowest BCUT2D eigenvalue weighted by atomic mass is 10.2. The molecule has 0 saturated heterocycles. The molecule has 0 radical (unpaired) electrons. The molecule has 0 unspecified atom stereocenters. The highest BCUT2D eigenvalue weighted by atomic mass is 15.3. The molecule has 0 saturated carbocycles. The summed E-state index contributed by atoms with van der Waals surface area (Å²) in [6.07, 6.45) is 5.03. The molecule has 0 aliphatic rings. The van der Waals surface area contributed by atoms with Crippen LogP contribution in [0.4, 0.5) is 5.82 Å². The molecular formula is C15H17N7. The van der Waals surface area contributed by atoms with E-state index >= 15 is 0 Å². The fourth-order valence-corrected chi connectivity index (χ4v) is 2.07. The van der Waals surface area contributed by atoms with Crippen molar-refractivity contribution in [3.63, 3.8) is 0 Å². The van der Waals surface area contributed by atoms with Crippen molar-refractivity contribution >= 4 is 5.82 Å². The molecule has 0 spiro atoms. The Hall–Kier alpha value is -2.83. The molecule has 22 heavy (non-hydrogen) atoms. The first kappa shape index (κ1) is 14.1. The van der Waals surface area contributed by atoms with Crippen molar-refractivity contribution in [1.82, 2.24) is 29.7 Å². The second kappa shape index (κ2) is 5.88. The van der Waals surface area contributed by atoms with Crippen LogP contribution in [0.2, 0.25) is 0 Å². The number of aryl methyl sites for hydroxylation is 2. The van der Waals surface area contributed by atoms with E-state index in [0.29, 0.717) is 12.4 Å². The summed E-state index contributed by atoms with van der Waals surface area (Å²) in [7, 11) is 1.86. The smallest absolute Gasteiger partial charge is 0.163 e. The fraction of sp³-hybridized carbons (Fsp3) is 0.267. The third kappa shape index (κ3) is 2.78. The summed E-state index contributed by atoms with van der Waals surface area (Å²) in [5, 5.41) is 7.37. The van der Waals surface area contributed by atoms with E-state index in [1.54, 1.807) is 17.1 Å². The van der Waals surface area contributed by atoms with E-state index in [4.69, 9.17) is 0 Å². The number of nitrogens with one attached hydrogen (secondary N) is 1. The van der Waals surface area contributed by atoms with Crippen LogP contribution in [0.1, 0.15) is 17.1 Å². The molecule has 3 aromatic rings. The molecule has 3 aromatic heterocycles. The lowest BCUT2D eigenvalue weighted by Gasteiger charge is -2.12. The monoisotopic (exact) mass is 295 g/mol. The summed E-state index contributed by atoms with van der Waals surface area (Å²) in [5.74, 6) is 2.31. The number of hydrogen-bond acceptors (Lipinski definition) is 6. The third-order valence-electron chi connectivity index (χ3n) is 3.53. The van der Waals surface area contributed by atoms with Gasteiger partial charge >= 0.3 is 0 Å². The summed E-state index contributed by atoms with van der Waals surface area (Å²) < 4.78 is 1.73. The molecular weight excluding hydrogens is 278 g/mol. The first-order valence-electron chi connectivity index (χ1n) is 6.97. The Morgan fingerprint density at radius 3 is 2.77 bits per heavy atom. The first-order chi connectivity index (χ1) is 10.6. The van der Waals surface area contributed by atoms with Gasteiger partial charge in [-0.2, -0.15) is 5.10 Å². The van der Waals surface area contributed by atoms with Gasteiger partial charge in [-0.25, -0.2) is 15.0 Å². The molecule has 0 amide bonds. The van der Waals surface area contributed by atoms with Crippen molar-refractivity contribution < 1.29 is 0 Å². The van der Waals surface area contributed by atoms with E-state index < -0.39 is 0 Å². The molecule has 0 fully saturated rings. The van der Waals surface area contributed by atoms with Crippen molar-refractivity contribution in [3.05, 3.63) is 47.9 Å². The van der Waals surface area contributed by atoms with Gasteiger partial charge in [-0.1, -0.05) is 0 Å². The summed E-state index contributed by atoms with van der Waals surface area (Å²) in [5.41, 5.74) is 2.86. The maximum Gasteiger partial charge on any atom is 0.163 e. The van der Waals surface area contributed by atoms with Crippen molar-refractivity contribution in [2.45, 2.75) is 20.4 Å². The van der Waals surface area contributed by atoms with Crippen molar-refractivity contribution in [1.29, 1.82) is 0 Å². The number of rotatable bonds is 4.